The van der Waals surface area contributed by atoms with E-state index in [0.29, 0.717) is 22.8 Å². The molecule has 0 radical (unpaired) electrons. The molecule has 0 saturated carbocycles. The predicted octanol–water partition coefficient (Wildman–Crippen LogP) is 3.10. The van der Waals surface area contributed by atoms with Gasteiger partial charge in [0.1, 0.15) is 11.4 Å². The SMILES string of the molecule is Cc1ccccc1-n1nc2c(c1NC(=O)c1ccccc1[N+](=O)[O-])CS(=O)C2. The van der Waals surface area contributed by atoms with Crippen molar-refractivity contribution in [2.24, 2.45) is 0 Å². The Balaban J connectivity index is 1.80. The predicted molar refractivity (Wildman–Crippen MR) is 105 cm³/mol. The number of anilines is 1. The average molecular weight is 396 g/mol. The Kier molecular flexibility index (Phi) is 4.52. The second kappa shape index (κ2) is 7.01. The number of nitro groups is 1. The zero-order chi connectivity index (χ0) is 19.8. The zero-order valence-corrected chi connectivity index (χ0v) is 15.7. The maximum atomic E-state index is 12.9. The van der Waals surface area contributed by atoms with Crippen LogP contribution < -0.4 is 5.32 Å². The van der Waals surface area contributed by atoms with E-state index in [-0.39, 0.29) is 17.0 Å². The van der Waals surface area contributed by atoms with Crippen LogP contribution in [-0.2, 0) is 22.3 Å². The first-order chi connectivity index (χ1) is 13.5. The van der Waals surface area contributed by atoms with E-state index in [2.05, 4.69) is 10.4 Å². The second-order valence-electron chi connectivity index (χ2n) is 6.43. The number of carbonyl (C=O) groups is 1. The third-order valence-corrected chi connectivity index (χ3v) is 5.80. The summed E-state index contributed by atoms with van der Waals surface area (Å²) >= 11 is 0. The summed E-state index contributed by atoms with van der Waals surface area (Å²) in [5.74, 6) is 0.400. The number of amides is 1. The van der Waals surface area contributed by atoms with Crippen molar-refractivity contribution in [3.63, 3.8) is 0 Å². The molecule has 8 nitrogen and oxygen atoms in total. The van der Waals surface area contributed by atoms with Crippen molar-refractivity contribution in [3.05, 3.63) is 81.0 Å². The molecular formula is C19H16N4O4S. The van der Waals surface area contributed by atoms with Gasteiger partial charge in [-0.05, 0) is 24.6 Å². The maximum Gasteiger partial charge on any atom is 0.282 e. The minimum absolute atomic E-state index is 0.0436. The molecule has 4 rings (SSSR count). The Bertz CT molecular complexity index is 1140. The molecule has 1 amide bonds. The lowest BCUT2D eigenvalue weighted by atomic mass is 10.1. The van der Waals surface area contributed by atoms with Crippen LogP contribution in [0.4, 0.5) is 11.5 Å². The molecule has 0 fully saturated rings. The van der Waals surface area contributed by atoms with Gasteiger partial charge in [0.25, 0.3) is 11.6 Å². The molecule has 1 atom stereocenters. The minimum Gasteiger partial charge on any atom is -0.306 e. The lowest BCUT2D eigenvalue weighted by Gasteiger charge is -2.13. The molecule has 2 heterocycles. The number of hydrogen-bond acceptors (Lipinski definition) is 5. The van der Waals surface area contributed by atoms with Gasteiger partial charge in [-0.2, -0.15) is 5.10 Å². The van der Waals surface area contributed by atoms with Crippen LogP contribution in [0.3, 0.4) is 0 Å². The Hall–Kier alpha value is -3.33. The summed E-state index contributed by atoms with van der Waals surface area (Å²) in [6.45, 7) is 1.92. The molecule has 28 heavy (non-hydrogen) atoms. The van der Waals surface area contributed by atoms with Crippen molar-refractivity contribution < 1.29 is 13.9 Å². The Morgan fingerprint density at radius 2 is 1.89 bits per heavy atom. The van der Waals surface area contributed by atoms with Gasteiger partial charge in [-0.15, -0.1) is 0 Å². The van der Waals surface area contributed by atoms with Crippen molar-refractivity contribution in [1.82, 2.24) is 9.78 Å². The molecule has 0 bridgehead atoms. The number of nitrogens with zero attached hydrogens (tertiary/aromatic N) is 3. The zero-order valence-electron chi connectivity index (χ0n) is 14.9. The molecular weight excluding hydrogens is 380 g/mol. The van der Waals surface area contributed by atoms with Gasteiger partial charge >= 0.3 is 0 Å². The summed E-state index contributed by atoms with van der Waals surface area (Å²) in [5.41, 5.74) is 2.78. The lowest BCUT2D eigenvalue weighted by molar-refractivity contribution is -0.385. The van der Waals surface area contributed by atoms with Crippen LogP contribution in [0, 0.1) is 17.0 Å². The van der Waals surface area contributed by atoms with Gasteiger partial charge in [-0.3, -0.25) is 19.1 Å². The standard InChI is InChI=1S/C19H16N4O4S/c1-12-6-2-4-8-16(12)22-18(14-10-28(27)11-15(14)21-22)20-19(24)13-7-3-5-9-17(13)23(25)26/h2-9H,10-11H2,1H3,(H,20,24). The molecule has 1 unspecified atom stereocenters. The molecule has 1 N–H and O–H groups in total. The Morgan fingerprint density at radius 1 is 1.18 bits per heavy atom. The molecule has 0 spiro atoms. The van der Waals surface area contributed by atoms with Crippen LogP contribution in [0.2, 0.25) is 0 Å². The number of nitrogens with one attached hydrogen (secondary N) is 1. The summed E-state index contributed by atoms with van der Waals surface area (Å²) in [7, 11) is -1.07. The number of carbonyl (C=O) groups excluding carboxylic acids is 1. The molecule has 1 aliphatic rings. The number of nitro benzene ring substituents is 1. The van der Waals surface area contributed by atoms with Crippen molar-refractivity contribution in [2.75, 3.05) is 5.32 Å². The number of hydrogen-bond donors (Lipinski definition) is 1. The molecule has 1 aromatic heterocycles. The van der Waals surface area contributed by atoms with Gasteiger partial charge in [0.15, 0.2) is 0 Å². The number of benzene rings is 2. The lowest BCUT2D eigenvalue weighted by Crippen LogP contribution is -2.18. The quantitative estimate of drug-likeness (QED) is 0.539. The van der Waals surface area contributed by atoms with Crippen LogP contribution in [0.15, 0.2) is 48.5 Å². The number of fused-ring (bicyclic) bond motifs is 1. The fraction of sp³-hybridized carbons (Fsp3) is 0.158. The van der Waals surface area contributed by atoms with Crippen molar-refractivity contribution in [2.45, 2.75) is 18.4 Å². The summed E-state index contributed by atoms with van der Waals surface area (Å²) in [6, 6.07) is 13.3. The average Bonchev–Trinajstić information content (AvgIpc) is 3.19. The molecule has 0 saturated heterocycles. The van der Waals surface area contributed by atoms with E-state index in [1.807, 2.05) is 31.2 Å². The van der Waals surface area contributed by atoms with E-state index in [1.54, 1.807) is 10.7 Å². The van der Waals surface area contributed by atoms with Crippen LogP contribution in [-0.4, -0.2) is 24.8 Å². The summed E-state index contributed by atoms with van der Waals surface area (Å²) in [6.07, 6.45) is 0. The van der Waals surface area contributed by atoms with E-state index < -0.39 is 21.6 Å². The van der Waals surface area contributed by atoms with E-state index in [4.69, 9.17) is 0 Å². The smallest absolute Gasteiger partial charge is 0.282 e. The van der Waals surface area contributed by atoms with Crippen LogP contribution >= 0.6 is 0 Å². The van der Waals surface area contributed by atoms with Gasteiger partial charge in [0.2, 0.25) is 0 Å². The topological polar surface area (TPSA) is 107 Å². The van der Waals surface area contributed by atoms with Crippen LogP contribution in [0.5, 0.6) is 0 Å². The minimum atomic E-state index is -1.07. The Morgan fingerprint density at radius 3 is 2.64 bits per heavy atom. The van der Waals surface area contributed by atoms with Gasteiger partial charge in [-0.25, -0.2) is 4.68 Å². The van der Waals surface area contributed by atoms with Gasteiger partial charge in [-0.1, -0.05) is 30.3 Å². The molecule has 2 aromatic carbocycles. The van der Waals surface area contributed by atoms with Crippen molar-refractivity contribution >= 4 is 28.2 Å². The first-order valence-corrected chi connectivity index (χ1v) is 10.0. The van der Waals surface area contributed by atoms with Crippen molar-refractivity contribution in [3.8, 4) is 5.69 Å². The molecule has 3 aromatic rings. The summed E-state index contributed by atoms with van der Waals surface area (Å²) < 4.78 is 13.6. The maximum absolute atomic E-state index is 12.9. The highest BCUT2D eigenvalue weighted by Gasteiger charge is 2.30. The summed E-state index contributed by atoms with van der Waals surface area (Å²) in [4.78, 5) is 23.5. The van der Waals surface area contributed by atoms with Gasteiger partial charge < -0.3 is 5.32 Å². The van der Waals surface area contributed by atoms with E-state index >= 15 is 0 Å². The van der Waals surface area contributed by atoms with Crippen LogP contribution in [0.1, 0.15) is 27.2 Å². The normalized spacial score (nSPS) is 15.2. The fourth-order valence-electron chi connectivity index (χ4n) is 3.23. The summed E-state index contributed by atoms with van der Waals surface area (Å²) in [5, 5.41) is 18.6. The number of aromatic nitrogens is 2. The highest BCUT2D eigenvalue weighted by Crippen LogP contribution is 2.32. The van der Waals surface area contributed by atoms with E-state index in [1.165, 1.54) is 18.2 Å². The largest absolute Gasteiger partial charge is 0.306 e. The molecule has 142 valence electrons. The molecule has 9 heteroatoms. The second-order valence-corrected chi connectivity index (χ2v) is 7.89. The van der Waals surface area contributed by atoms with Gasteiger partial charge in [0.05, 0.1) is 27.8 Å². The highest BCUT2D eigenvalue weighted by molar-refractivity contribution is 7.83. The number of rotatable bonds is 4. The first-order valence-electron chi connectivity index (χ1n) is 8.52. The van der Waals surface area contributed by atoms with E-state index in [0.717, 1.165) is 11.3 Å². The van der Waals surface area contributed by atoms with Crippen molar-refractivity contribution in [1.29, 1.82) is 0 Å². The van der Waals surface area contributed by atoms with E-state index in [9.17, 15) is 19.1 Å². The first kappa shape index (κ1) is 18.1. The number of aryl methyl sites for hydroxylation is 1. The third-order valence-electron chi connectivity index (χ3n) is 4.59. The molecule has 0 aliphatic carbocycles. The van der Waals surface area contributed by atoms with Gasteiger partial charge in [0, 0.05) is 22.4 Å². The van der Waals surface area contributed by atoms with Crippen LogP contribution in [0.25, 0.3) is 5.69 Å². The fourth-order valence-corrected chi connectivity index (χ4v) is 4.50. The third kappa shape index (κ3) is 3.09. The Labute approximate surface area is 162 Å². The monoisotopic (exact) mass is 396 g/mol. The highest BCUT2D eigenvalue weighted by atomic mass is 32.2. The number of para-hydroxylation sites is 2. The molecule has 1 aliphatic heterocycles.